The molecule has 0 bridgehead atoms. The van der Waals surface area contributed by atoms with Crippen LogP contribution < -0.4 is 0 Å². The second kappa shape index (κ2) is 4.85. The minimum Gasteiger partial charge on any atom is -0.293 e. The fourth-order valence-electron chi connectivity index (χ4n) is 2.64. The van der Waals surface area contributed by atoms with Gasteiger partial charge in [0.1, 0.15) is 11.6 Å². The molecule has 1 heterocycles. The number of fused-ring (bicyclic) bond motifs is 1. The number of rotatable bonds is 2. The molecular formula is C15H12F2OS. The monoisotopic (exact) mass is 278 g/mol. The van der Waals surface area contributed by atoms with Crippen molar-refractivity contribution in [3.05, 3.63) is 57.3 Å². The Morgan fingerprint density at radius 2 is 2.11 bits per heavy atom. The molecule has 1 aromatic carbocycles. The maximum absolute atomic E-state index is 13.7. The third-order valence-corrected chi connectivity index (χ3v) is 4.56. The molecule has 0 saturated carbocycles. The molecule has 0 spiro atoms. The van der Waals surface area contributed by atoms with E-state index in [-0.39, 0.29) is 17.3 Å². The number of ketones is 1. The quantitative estimate of drug-likeness (QED) is 0.747. The van der Waals surface area contributed by atoms with Crippen molar-refractivity contribution in [2.24, 2.45) is 0 Å². The Hall–Kier alpha value is -1.55. The second-order valence-corrected chi connectivity index (χ2v) is 5.73. The number of thiophene rings is 1. The predicted octanol–water partition coefficient (Wildman–Crippen LogP) is 4.33. The SMILES string of the molecule is O=C(c1ccc(F)cc1F)C1CCCc2sccc21. The Balaban J connectivity index is 1.98. The van der Waals surface area contributed by atoms with E-state index in [1.165, 1.54) is 10.9 Å². The third-order valence-electron chi connectivity index (χ3n) is 3.57. The van der Waals surface area contributed by atoms with Gasteiger partial charge in [0, 0.05) is 16.9 Å². The van der Waals surface area contributed by atoms with E-state index in [1.807, 2.05) is 11.4 Å². The minimum atomic E-state index is -0.771. The summed E-state index contributed by atoms with van der Waals surface area (Å²) in [6.07, 6.45) is 2.66. The van der Waals surface area contributed by atoms with Crippen LogP contribution in [0.25, 0.3) is 0 Å². The van der Waals surface area contributed by atoms with Crippen LogP contribution in [-0.4, -0.2) is 5.78 Å². The van der Waals surface area contributed by atoms with Crippen molar-refractivity contribution in [1.29, 1.82) is 0 Å². The van der Waals surface area contributed by atoms with Crippen LogP contribution in [0.5, 0.6) is 0 Å². The largest absolute Gasteiger partial charge is 0.293 e. The van der Waals surface area contributed by atoms with E-state index in [0.717, 1.165) is 37.0 Å². The van der Waals surface area contributed by atoms with E-state index in [9.17, 15) is 13.6 Å². The molecule has 0 N–H and O–H groups in total. The molecule has 1 aromatic heterocycles. The number of hydrogen-bond donors (Lipinski definition) is 0. The molecule has 98 valence electrons. The summed E-state index contributed by atoms with van der Waals surface area (Å²) in [5.74, 6) is -1.95. The lowest BCUT2D eigenvalue weighted by Crippen LogP contribution is -2.18. The molecule has 0 radical (unpaired) electrons. The molecule has 19 heavy (non-hydrogen) atoms. The number of aryl methyl sites for hydroxylation is 1. The number of carbonyl (C=O) groups excluding carboxylic acids is 1. The summed E-state index contributed by atoms with van der Waals surface area (Å²) in [6.45, 7) is 0. The first-order chi connectivity index (χ1) is 9.16. The summed E-state index contributed by atoms with van der Waals surface area (Å²) in [7, 11) is 0. The first-order valence-corrected chi connectivity index (χ1v) is 7.10. The van der Waals surface area contributed by atoms with Crippen LogP contribution in [0.2, 0.25) is 0 Å². The molecule has 4 heteroatoms. The van der Waals surface area contributed by atoms with Gasteiger partial charge in [0.15, 0.2) is 5.78 Å². The Morgan fingerprint density at radius 3 is 2.89 bits per heavy atom. The smallest absolute Gasteiger partial charge is 0.173 e. The minimum absolute atomic E-state index is 0.00884. The highest BCUT2D eigenvalue weighted by Gasteiger charge is 2.29. The van der Waals surface area contributed by atoms with Gasteiger partial charge in [-0.25, -0.2) is 8.78 Å². The summed E-state index contributed by atoms with van der Waals surface area (Å²) in [6, 6.07) is 5.09. The summed E-state index contributed by atoms with van der Waals surface area (Å²) < 4.78 is 26.6. The van der Waals surface area contributed by atoms with Crippen molar-refractivity contribution in [2.45, 2.75) is 25.2 Å². The highest BCUT2D eigenvalue weighted by atomic mass is 32.1. The van der Waals surface area contributed by atoms with Crippen LogP contribution in [0.4, 0.5) is 8.78 Å². The standard InChI is InChI=1S/C15H12F2OS/c16-9-4-5-12(13(17)8-9)15(18)11-2-1-3-14-10(11)6-7-19-14/h4-8,11H,1-3H2. The Bertz CT molecular complexity index is 633. The fraction of sp³-hybridized carbons (Fsp3) is 0.267. The molecular weight excluding hydrogens is 266 g/mol. The van der Waals surface area contributed by atoms with Gasteiger partial charge in [-0.05, 0) is 48.4 Å². The molecule has 0 fully saturated rings. The predicted molar refractivity (Wildman–Crippen MR) is 70.7 cm³/mol. The van der Waals surface area contributed by atoms with E-state index in [1.54, 1.807) is 11.3 Å². The topological polar surface area (TPSA) is 17.1 Å². The van der Waals surface area contributed by atoms with Crippen molar-refractivity contribution in [2.75, 3.05) is 0 Å². The molecule has 1 nitrogen and oxygen atoms in total. The maximum Gasteiger partial charge on any atom is 0.173 e. The number of Topliss-reactive ketones (excluding diaryl/α,β-unsaturated/α-hetero) is 1. The van der Waals surface area contributed by atoms with E-state index >= 15 is 0 Å². The lowest BCUT2D eigenvalue weighted by Gasteiger charge is -2.21. The van der Waals surface area contributed by atoms with Crippen LogP contribution >= 0.6 is 11.3 Å². The van der Waals surface area contributed by atoms with Crippen LogP contribution in [0.1, 0.15) is 39.6 Å². The van der Waals surface area contributed by atoms with E-state index in [0.29, 0.717) is 0 Å². The zero-order valence-electron chi connectivity index (χ0n) is 10.2. The van der Waals surface area contributed by atoms with Crippen LogP contribution in [-0.2, 0) is 6.42 Å². The highest BCUT2D eigenvalue weighted by molar-refractivity contribution is 7.10. The number of hydrogen-bond acceptors (Lipinski definition) is 2. The van der Waals surface area contributed by atoms with Gasteiger partial charge in [0.25, 0.3) is 0 Å². The molecule has 1 aliphatic carbocycles. The number of carbonyl (C=O) groups is 1. The summed E-state index contributed by atoms with van der Waals surface area (Å²) in [5, 5.41) is 1.97. The first kappa shape index (κ1) is 12.5. The van der Waals surface area contributed by atoms with Gasteiger partial charge in [-0.3, -0.25) is 4.79 Å². The van der Waals surface area contributed by atoms with E-state index in [2.05, 4.69) is 0 Å². The molecule has 0 saturated heterocycles. The van der Waals surface area contributed by atoms with Gasteiger partial charge >= 0.3 is 0 Å². The third kappa shape index (κ3) is 2.21. The molecule has 1 unspecified atom stereocenters. The zero-order chi connectivity index (χ0) is 13.4. The first-order valence-electron chi connectivity index (χ1n) is 6.22. The summed E-state index contributed by atoms with van der Waals surface area (Å²) in [5.41, 5.74) is 1.01. The van der Waals surface area contributed by atoms with Gasteiger partial charge in [0.2, 0.25) is 0 Å². The van der Waals surface area contributed by atoms with E-state index < -0.39 is 11.6 Å². The summed E-state index contributed by atoms with van der Waals surface area (Å²) in [4.78, 5) is 13.6. The Morgan fingerprint density at radius 1 is 1.26 bits per heavy atom. The lowest BCUT2D eigenvalue weighted by molar-refractivity contribution is 0.0947. The molecule has 1 atom stereocenters. The highest BCUT2D eigenvalue weighted by Crippen LogP contribution is 2.37. The van der Waals surface area contributed by atoms with Crippen molar-refractivity contribution in [3.63, 3.8) is 0 Å². The van der Waals surface area contributed by atoms with Gasteiger partial charge in [-0.2, -0.15) is 0 Å². The average Bonchev–Trinajstić information content (AvgIpc) is 2.86. The van der Waals surface area contributed by atoms with Crippen molar-refractivity contribution in [1.82, 2.24) is 0 Å². The molecule has 1 aliphatic rings. The van der Waals surface area contributed by atoms with Crippen LogP contribution in [0.3, 0.4) is 0 Å². The molecule has 3 rings (SSSR count). The van der Waals surface area contributed by atoms with Gasteiger partial charge < -0.3 is 0 Å². The maximum atomic E-state index is 13.7. The lowest BCUT2D eigenvalue weighted by atomic mass is 9.82. The van der Waals surface area contributed by atoms with Crippen molar-refractivity contribution >= 4 is 17.1 Å². The fourth-order valence-corrected chi connectivity index (χ4v) is 3.62. The van der Waals surface area contributed by atoms with Gasteiger partial charge in [0.05, 0.1) is 5.56 Å². The van der Waals surface area contributed by atoms with Crippen molar-refractivity contribution < 1.29 is 13.6 Å². The van der Waals surface area contributed by atoms with Crippen molar-refractivity contribution in [3.8, 4) is 0 Å². The average molecular weight is 278 g/mol. The summed E-state index contributed by atoms with van der Waals surface area (Å²) >= 11 is 1.64. The Labute approximate surface area is 113 Å². The second-order valence-electron chi connectivity index (χ2n) is 4.73. The van der Waals surface area contributed by atoms with Crippen LogP contribution in [0.15, 0.2) is 29.6 Å². The number of benzene rings is 1. The Kier molecular flexibility index (Phi) is 3.19. The van der Waals surface area contributed by atoms with Gasteiger partial charge in [-0.15, -0.1) is 11.3 Å². The van der Waals surface area contributed by atoms with Gasteiger partial charge in [-0.1, -0.05) is 0 Å². The number of halogens is 2. The molecule has 2 aromatic rings. The zero-order valence-corrected chi connectivity index (χ0v) is 11.0. The molecule has 0 aliphatic heterocycles. The normalized spacial score (nSPS) is 18.1. The molecule has 0 amide bonds. The van der Waals surface area contributed by atoms with Crippen LogP contribution in [0, 0.1) is 11.6 Å². The van der Waals surface area contributed by atoms with E-state index in [4.69, 9.17) is 0 Å².